The number of nitrogens with one attached hydrogen (secondary N) is 1. The zero-order chi connectivity index (χ0) is 14.9. The van der Waals surface area contributed by atoms with Crippen LogP contribution in [0.5, 0.6) is 11.5 Å². The number of nitrogens with zero attached hydrogens (tertiary/aromatic N) is 2. The fraction of sp³-hybridized carbons (Fsp3) is 0.467. The van der Waals surface area contributed by atoms with Gasteiger partial charge < -0.3 is 9.47 Å². The predicted octanol–water partition coefficient (Wildman–Crippen LogP) is 3.09. The first-order valence-corrected chi connectivity index (χ1v) is 6.52. The van der Waals surface area contributed by atoms with Crippen molar-refractivity contribution in [3.05, 3.63) is 23.5 Å². The molecule has 0 radical (unpaired) electrons. The van der Waals surface area contributed by atoms with Crippen molar-refractivity contribution in [3.63, 3.8) is 0 Å². The SMILES string of the molecule is COc1cc(C)cc(OC)c1-c1n[nH]c(C(C)(C)C)n1. The minimum Gasteiger partial charge on any atom is -0.496 e. The fourth-order valence-electron chi connectivity index (χ4n) is 1.97. The minimum absolute atomic E-state index is 0.0869. The maximum absolute atomic E-state index is 5.44. The van der Waals surface area contributed by atoms with Gasteiger partial charge in [-0.25, -0.2) is 4.98 Å². The number of H-pyrrole nitrogens is 1. The normalized spacial score (nSPS) is 11.5. The molecule has 1 aromatic heterocycles. The first-order valence-electron chi connectivity index (χ1n) is 6.52. The Morgan fingerprint density at radius 1 is 1.05 bits per heavy atom. The monoisotopic (exact) mass is 275 g/mol. The van der Waals surface area contributed by atoms with Crippen molar-refractivity contribution in [1.29, 1.82) is 0 Å². The third-order valence-electron chi connectivity index (χ3n) is 3.07. The molecule has 1 heterocycles. The van der Waals surface area contributed by atoms with E-state index in [9.17, 15) is 0 Å². The molecule has 0 saturated heterocycles. The van der Waals surface area contributed by atoms with Gasteiger partial charge >= 0.3 is 0 Å². The van der Waals surface area contributed by atoms with Gasteiger partial charge in [-0.15, -0.1) is 0 Å². The summed E-state index contributed by atoms with van der Waals surface area (Å²) in [4.78, 5) is 4.57. The highest BCUT2D eigenvalue weighted by atomic mass is 16.5. The van der Waals surface area contributed by atoms with Crippen LogP contribution in [0.2, 0.25) is 0 Å². The van der Waals surface area contributed by atoms with Crippen LogP contribution in [-0.2, 0) is 5.41 Å². The van der Waals surface area contributed by atoms with Gasteiger partial charge in [-0.3, -0.25) is 5.10 Å². The van der Waals surface area contributed by atoms with E-state index in [0.717, 1.165) is 17.0 Å². The number of hydrogen-bond acceptors (Lipinski definition) is 4. The van der Waals surface area contributed by atoms with Crippen molar-refractivity contribution in [1.82, 2.24) is 15.2 Å². The largest absolute Gasteiger partial charge is 0.496 e. The summed E-state index contributed by atoms with van der Waals surface area (Å²) in [5, 5.41) is 7.29. The Morgan fingerprint density at radius 2 is 1.60 bits per heavy atom. The summed E-state index contributed by atoms with van der Waals surface area (Å²) in [5.41, 5.74) is 1.75. The smallest absolute Gasteiger partial charge is 0.188 e. The third kappa shape index (κ3) is 2.61. The Morgan fingerprint density at radius 3 is 2.00 bits per heavy atom. The molecule has 1 N–H and O–H groups in total. The highest BCUT2D eigenvalue weighted by molar-refractivity contribution is 5.72. The van der Waals surface area contributed by atoms with Crippen molar-refractivity contribution in [2.24, 2.45) is 0 Å². The van der Waals surface area contributed by atoms with Crippen molar-refractivity contribution in [2.75, 3.05) is 14.2 Å². The van der Waals surface area contributed by atoms with E-state index in [1.807, 2.05) is 19.1 Å². The Kier molecular flexibility index (Phi) is 3.70. The van der Waals surface area contributed by atoms with Gasteiger partial charge in [0.15, 0.2) is 5.82 Å². The second kappa shape index (κ2) is 5.15. The highest BCUT2D eigenvalue weighted by Crippen LogP contribution is 2.38. The number of ether oxygens (including phenoxy) is 2. The van der Waals surface area contributed by atoms with E-state index < -0.39 is 0 Å². The Hall–Kier alpha value is -2.04. The average Bonchev–Trinajstić information content (AvgIpc) is 2.86. The molecule has 0 amide bonds. The number of benzene rings is 1. The van der Waals surface area contributed by atoms with Crippen molar-refractivity contribution >= 4 is 0 Å². The summed E-state index contributed by atoms with van der Waals surface area (Å²) in [7, 11) is 3.27. The van der Waals surface area contributed by atoms with Crippen LogP contribution in [0.3, 0.4) is 0 Å². The van der Waals surface area contributed by atoms with Gasteiger partial charge in [-0.2, -0.15) is 5.10 Å². The van der Waals surface area contributed by atoms with Crippen molar-refractivity contribution < 1.29 is 9.47 Å². The Bertz CT molecular complexity index is 587. The number of aromatic amines is 1. The molecule has 108 valence electrons. The molecule has 0 aliphatic heterocycles. The number of methoxy groups -OCH3 is 2. The van der Waals surface area contributed by atoms with Crippen LogP contribution in [0.4, 0.5) is 0 Å². The highest BCUT2D eigenvalue weighted by Gasteiger charge is 2.22. The zero-order valence-corrected chi connectivity index (χ0v) is 12.9. The molecule has 1 aromatic carbocycles. The molecule has 0 aliphatic rings. The molecule has 0 atom stereocenters. The number of rotatable bonds is 3. The van der Waals surface area contributed by atoms with E-state index in [1.165, 1.54) is 0 Å². The van der Waals surface area contributed by atoms with Crippen LogP contribution >= 0.6 is 0 Å². The van der Waals surface area contributed by atoms with Gasteiger partial charge in [0.25, 0.3) is 0 Å². The number of aryl methyl sites for hydroxylation is 1. The summed E-state index contributed by atoms with van der Waals surface area (Å²) >= 11 is 0. The summed E-state index contributed by atoms with van der Waals surface area (Å²) in [6.07, 6.45) is 0. The molecule has 0 unspecified atom stereocenters. The Balaban J connectivity index is 2.59. The van der Waals surface area contributed by atoms with E-state index in [2.05, 4.69) is 36.0 Å². The molecule has 0 spiro atoms. The second-order valence-electron chi connectivity index (χ2n) is 5.80. The van der Waals surface area contributed by atoms with Crippen LogP contribution < -0.4 is 9.47 Å². The molecule has 2 aromatic rings. The fourth-order valence-corrected chi connectivity index (χ4v) is 1.97. The van der Waals surface area contributed by atoms with E-state index in [4.69, 9.17) is 9.47 Å². The van der Waals surface area contributed by atoms with Crippen LogP contribution in [0, 0.1) is 6.92 Å². The molecular weight excluding hydrogens is 254 g/mol. The predicted molar refractivity (Wildman–Crippen MR) is 78.4 cm³/mol. The first kappa shape index (κ1) is 14.4. The summed E-state index contributed by atoms with van der Waals surface area (Å²) < 4.78 is 10.9. The molecule has 5 heteroatoms. The molecule has 0 saturated carbocycles. The summed E-state index contributed by atoms with van der Waals surface area (Å²) in [5.74, 6) is 2.84. The molecule has 0 bridgehead atoms. The molecular formula is C15H21N3O2. The number of hydrogen-bond donors (Lipinski definition) is 1. The second-order valence-corrected chi connectivity index (χ2v) is 5.80. The topological polar surface area (TPSA) is 60.0 Å². The summed E-state index contributed by atoms with van der Waals surface area (Å²) in [6, 6.07) is 3.90. The van der Waals surface area contributed by atoms with E-state index >= 15 is 0 Å². The van der Waals surface area contributed by atoms with Crippen LogP contribution in [0.25, 0.3) is 11.4 Å². The molecule has 2 rings (SSSR count). The van der Waals surface area contributed by atoms with Gasteiger partial charge in [0, 0.05) is 5.41 Å². The molecule has 0 fully saturated rings. The van der Waals surface area contributed by atoms with E-state index in [0.29, 0.717) is 17.3 Å². The lowest BCUT2D eigenvalue weighted by Crippen LogP contribution is -2.13. The van der Waals surface area contributed by atoms with Gasteiger partial charge in [0.1, 0.15) is 22.9 Å². The molecule has 0 aliphatic carbocycles. The van der Waals surface area contributed by atoms with Crippen LogP contribution in [-0.4, -0.2) is 29.4 Å². The first-order chi connectivity index (χ1) is 9.36. The van der Waals surface area contributed by atoms with E-state index in [-0.39, 0.29) is 5.41 Å². The lowest BCUT2D eigenvalue weighted by molar-refractivity contribution is 0.396. The van der Waals surface area contributed by atoms with Crippen molar-refractivity contribution in [2.45, 2.75) is 33.1 Å². The number of aromatic nitrogens is 3. The lowest BCUT2D eigenvalue weighted by atomic mass is 9.96. The minimum atomic E-state index is -0.0869. The van der Waals surface area contributed by atoms with E-state index in [1.54, 1.807) is 14.2 Å². The average molecular weight is 275 g/mol. The summed E-state index contributed by atoms with van der Waals surface area (Å²) in [6.45, 7) is 8.25. The molecule has 5 nitrogen and oxygen atoms in total. The van der Waals surface area contributed by atoms with Crippen LogP contribution in [0.1, 0.15) is 32.2 Å². The molecule has 20 heavy (non-hydrogen) atoms. The zero-order valence-electron chi connectivity index (χ0n) is 12.9. The quantitative estimate of drug-likeness (QED) is 0.935. The van der Waals surface area contributed by atoms with Gasteiger partial charge in [-0.05, 0) is 24.6 Å². The van der Waals surface area contributed by atoms with Gasteiger partial charge in [-0.1, -0.05) is 20.8 Å². The standard InChI is InChI=1S/C15H21N3O2/c1-9-7-10(19-5)12(11(8-9)20-6)13-16-14(18-17-13)15(2,3)4/h7-8H,1-6H3,(H,16,17,18). The van der Waals surface area contributed by atoms with Crippen molar-refractivity contribution in [3.8, 4) is 22.9 Å². The third-order valence-corrected chi connectivity index (χ3v) is 3.07. The Labute approximate surface area is 119 Å². The van der Waals surface area contributed by atoms with Crippen LogP contribution in [0.15, 0.2) is 12.1 Å². The van der Waals surface area contributed by atoms with Gasteiger partial charge in [0.05, 0.1) is 14.2 Å². The van der Waals surface area contributed by atoms with Gasteiger partial charge in [0.2, 0.25) is 0 Å². The maximum atomic E-state index is 5.44. The lowest BCUT2D eigenvalue weighted by Gasteiger charge is -2.14. The maximum Gasteiger partial charge on any atom is 0.188 e.